The number of hydrogen-bond acceptors (Lipinski definition) is 5. The largest absolute Gasteiger partial charge is 0.462 e. The van der Waals surface area contributed by atoms with Crippen molar-refractivity contribution in [1.82, 2.24) is 10.2 Å². The maximum atomic E-state index is 11.7. The van der Waals surface area contributed by atoms with E-state index < -0.39 is 5.97 Å². The van der Waals surface area contributed by atoms with Crippen molar-refractivity contribution in [3.05, 3.63) is 34.8 Å². The predicted molar refractivity (Wildman–Crippen MR) is 67.9 cm³/mol. The van der Waals surface area contributed by atoms with E-state index in [9.17, 15) is 4.79 Å². The van der Waals surface area contributed by atoms with Crippen molar-refractivity contribution < 1.29 is 9.53 Å². The summed E-state index contributed by atoms with van der Waals surface area (Å²) in [6, 6.07) is 1.89. The Kier molecular flexibility index (Phi) is 4.55. The van der Waals surface area contributed by atoms with E-state index in [1.165, 1.54) is 0 Å². The number of nitrogens with zero attached hydrogens (tertiary/aromatic N) is 2. The first kappa shape index (κ1) is 13.8. The van der Waals surface area contributed by atoms with E-state index in [1.54, 1.807) is 13.0 Å². The Bertz CT molecular complexity index is 479. The van der Waals surface area contributed by atoms with Crippen LogP contribution in [0.15, 0.2) is 34.8 Å². The van der Waals surface area contributed by atoms with Crippen LogP contribution >= 0.6 is 0 Å². The second kappa shape index (κ2) is 5.92. The molecule has 0 aromatic carbocycles. The zero-order chi connectivity index (χ0) is 13.7. The molecule has 1 aliphatic heterocycles. The van der Waals surface area contributed by atoms with Crippen LogP contribution in [0.1, 0.15) is 13.8 Å². The Labute approximate surface area is 107 Å². The van der Waals surface area contributed by atoms with Gasteiger partial charge in [-0.3, -0.25) is 0 Å². The second-order valence-corrected chi connectivity index (χ2v) is 4.04. The zero-order valence-corrected chi connectivity index (χ0v) is 11.1. The monoisotopic (exact) mass is 247 g/mol. The molecule has 0 saturated heterocycles. The number of rotatable bonds is 3. The van der Waals surface area contributed by atoms with Crippen LogP contribution in [0.5, 0.6) is 0 Å². The van der Waals surface area contributed by atoms with Gasteiger partial charge in [-0.25, -0.2) is 4.79 Å². The average Bonchev–Trinajstić information content (AvgIpc) is 2.29. The van der Waals surface area contributed by atoms with E-state index in [1.807, 2.05) is 38.1 Å². The molecule has 0 aromatic rings. The molecular formula is C13H17N3O2. The SMILES string of the molecule is CCOC(=O)/C(C#N)=C1/C=C(N(C)C)C=C(C)N1. The van der Waals surface area contributed by atoms with Crippen molar-refractivity contribution in [2.75, 3.05) is 20.7 Å². The Balaban J connectivity index is 3.18. The summed E-state index contributed by atoms with van der Waals surface area (Å²) in [5, 5.41) is 12.1. The molecular weight excluding hydrogens is 230 g/mol. The third-order valence-corrected chi connectivity index (χ3v) is 2.37. The standard InChI is InChI=1S/C13H17N3O2/c1-5-18-13(17)11(8-14)12-7-10(16(3)4)6-9(2)15-12/h6-7,15H,5H2,1-4H3/b12-11-. The minimum Gasteiger partial charge on any atom is -0.462 e. The first-order chi connectivity index (χ1) is 8.49. The highest BCUT2D eigenvalue weighted by molar-refractivity contribution is 5.94. The lowest BCUT2D eigenvalue weighted by atomic mass is 10.1. The number of nitrogens with one attached hydrogen (secondary N) is 1. The van der Waals surface area contributed by atoms with Crippen LogP contribution in [0.3, 0.4) is 0 Å². The van der Waals surface area contributed by atoms with Crippen LogP contribution < -0.4 is 5.32 Å². The van der Waals surface area contributed by atoms with Gasteiger partial charge in [0.1, 0.15) is 6.07 Å². The molecule has 1 rings (SSSR count). The molecule has 1 N–H and O–H groups in total. The van der Waals surface area contributed by atoms with Crippen LogP contribution in [0, 0.1) is 11.3 Å². The van der Waals surface area contributed by atoms with Crippen molar-refractivity contribution in [2.45, 2.75) is 13.8 Å². The molecule has 0 spiro atoms. The number of allylic oxidation sites excluding steroid dienone is 3. The fourth-order valence-corrected chi connectivity index (χ4v) is 1.51. The van der Waals surface area contributed by atoms with E-state index >= 15 is 0 Å². The predicted octanol–water partition coefficient (Wildman–Crippen LogP) is 1.28. The maximum Gasteiger partial charge on any atom is 0.351 e. The zero-order valence-electron chi connectivity index (χ0n) is 11.1. The summed E-state index contributed by atoms with van der Waals surface area (Å²) >= 11 is 0. The summed E-state index contributed by atoms with van der Waals surface area (Å²) < 4.78 is 4.86. The third kappa shape index (κ3) is 3.14. The van der Waals surface area contributed by atoms with E-state index in [4.69, 9.17) is 10.00 Å². The highest BCUT2D eigenvalue weighted by Crippen LogP contribution is 2.17. The molecule has 5 nitrogen and oxygen atoms in total. The van der Waals surface area contributed by atoms with Crippen LogP contribution in [0.25, 0.3) is 0 Å². The van der Waals surface area contributed by atoms with Crippen LogP contribution in [0.4, 0.5) is 0 Å². The summed E-state index contributed by atoms with van der Waals surface area (Å²) in [6.45, 7) is 3.82. The minimum absolute atomic E-state index is 0.0105. The molecule has 0 saturated carbocycles. The lowest BCUT2D eigenvalue weighted by Gasteiger charge is -2.21. The van der Waals surface area contributed by atoms with E-state index in [2.05, 4.69) is 5.32 Å². The molecule has 5 heteroatoms. The number of carbonyl (C=O) groups excluding carboxylic acids is 1. The summed E-state index contributed by atoms with van der Waals surface area (Å²) in [4.78, 5) is 13.6. The highest BCUT2D eigenvalue weighted by atomic mass is 16.5. The average molecular weight is 247 g/mol. The maximum absolute atomic E-state index is 11.7. The quantitative estimate of drug-likeness (QED) is 0.462. The van der Waals surface area contributed by atoms with E-state index in [0.717, 1.165) is 11.4 Å². The summed E-state index contributed by atoms with van der Waals surface area (Å²) in [5.74, 6) is -0.605. The molecule has 0 radical (unpaired) electrons. The number of hydrogen-bond donors (Lipinski definition) is 1. The molecule has 1 aliphatic rings. The number of ether oxygens (including phenoxy) is 1. The van der Waals surface area contributed by atoms with Gasteiger partial charge in [-0.1, -0.05) is 0 Å². The first-order valence-electron chi connectivity index (χ1n) is 5.65. The molecule has 0 fully saturated rings. The van der Waals surface area contributed by atoms with Gasteiger partial charge in [-0.05, 0) is 26.0 Å². The number of esters is 1. The van der Waals surface area contributed by atoms with E-state index in [0.29, 0.717) is 5.70 Å². The normalized spacial score (nSPS) is 16.8. The number of nitriles is 1. The van der Waals surface area contributed by atoms with Gasteiger partial charge in [0.25, 0.3) is 0 Å². The van der Waals surface area contributed by atoms with Gasteiger partial charge in [0, 0.05) is 25.5 Å². The van der Waals surface area contributed by atoms with Gasteiger partial charge in [0.15, 0.2) is 5.57 Å². The van der Waals surface area contributed by atoms with Crippen molar-refractivity contribution in [2.24, 2.45) is 0 Å². The number of likely N-dealkylation sites (N-methyl/N-ethyl adjacent to an activating group) is 1. The van der Waals surface area contributed by atoms with Gasteiger partial charge in [0.2, 0.25) is 0 Å². The van der Waals surface area contributed by atoms with Gasteiger partial charge in [-0.15, -0.1) is 0 Å². The lowest BCUT2D eigenvalue weighted by molar-refractivity contribution is -0.138. The second-order valence-electron chi connectivity index (χ2n) is 4.04. The fraction of sp³-hybridized carbons (Fsp3) is 0.385. The Morgan fingerprint density at radius 2 is 2.17 bits per heavy atom. The molecule has 1 heterocycles. The molecule has 96 valence electrons. The molecule has 0 unspecified atom stereocenters. The van der Waals surface area contributed by atoms with Gasteiger partial charge in [-0.2, -0.15) is 5.26 Å². The van der Waals surface area contributed by atoms with Crippen molar-refractivity contribution in [3.8, 4) is 6.07 Å². The Morgan fingerprint density at radius 3 is 2.67 bits per heavy atom. The molecule has 0 atom stereocenters. The summed E-state index contributed by atoms with van der Waals surface area (Å²) in [7, 11) is 3.80. The smallest absolute Gasteiger partial charge is 0.351 e. The number of carbonyl (C=O) groups is 1. The molecule has 0 aromatic heterocycles. The highest BCUT2D eigenvalue weighted by Gasteiger charge is 2.18. The third-order valence-electron chi connectivity index (χ3n) is 2.37. The molecule has 0 aliphatic carbocycles. The fourth-order valence-electron chi connectivity index (χ4n) is 1.51. The first-order valence-corrected chi connectivity index (χ1v) is 5.65. The van der Waals surface area contributed by atoms with Crippen molar-refractivity contribution in [1.29, 1.82) is 5.26 Å². The lowest BCUT2D eigenvalue weighted by Crippen LogP contribution is -2.23. The van der Waals surface area contributed by atoms with Crippen LogP contribution in [-0.4, -0.2) is 31.6 Å². The van der Waals surface area contributed by atoms with Crippen LogP contribution in [-0.2, 0) is 9.53 Å². The van der Waals surface area contributed by atoms with Crippen LogP contribution in [0.2, 0.25) is 0 Å². The topological polar surface area (TPSA) is 65.4 Å². The van der Waals surface area contributed by atoms with Crippen molar-refractivity contribution >= 4 is 5.97 Å². The molecule has 0 amide bonds. The van der Waals surface area contributed by atoms with Gasteiger partial charge >= 0.3 is 5.97 Å². The van der Waals surface area contributed by atoms with Gasteiger partial charge < -0.3 is 15.0 Å². The molecule has 0 bridgehead atoms. The van der Waals surface area contributed by atoms with Crippen molar-refractivity contribution in [3.63, 3.8) is 0 Å². The Morgan fingerprint density at radius 1 is 1.50 bits per heavy atom. The number of dihydropyridines is 1. The summed E-state index contributed by atoms with van der Waals surface area (Å²) in [5.41, 5.74) is 2.25. The molecule has 18 heavy (non-hydrogen) atoms. The Hall–Kier alpha value is -2.22. The van der Waals surface area contributed by atoms with Gasteiger partial charge in [0.05, 0.1) is 12.3 Å². The minimum atomic E-state index is -0.605. The summed E-state index contributed by atoms with van der Waals surface area (Å²) in [6.07, 6.45) is 3.69. The van der Waals surface area contributed by atoms with E-state index in [-0.39, 0.29) is 12.2 Å².